The summed E-state index contributed by atoms with van der Waals surface area (Å²) in [5.74, 6) is 1.38. The Bertz CT molecular complexity index is 862. The molecular weight excluding hydrogens is 304 g/mol. The second kappa shape index (κ2) is 5.63. The van der Waals surface area contributed by atoms with Gasteiger partial charge < -0.3 is 14.0 Å². The quantitative estimate of drug-likeness (QED) is 0.728. The summed E-state index contributed by atoms with van der Waals surface area (Å²) in [4.78, 5) is 19.4. The number of carbonyl (C=O) groups excluding carboxylic acids is 1. The number of hydrogen-bond donors (Lipinski definition) is 0. The summed E-state index contributed by atoms with van der Waals surface area (Å²) in [6.45, 7) is 4.73. The molecule has 0 N–H and O–H groups in total. The van der Waals surface area contributed by atoms with Gasteiger partial charge in [0.25, 0.3) is 5.91 Å². The van der Waals surface area contributed by atoms with Crippen LogP contribution in [-0.4, -0.2) is 25.5 Å². The molecule has 3 aromatic rings. The van der Waals surface area contributed by atoms with Crippen molar-refractivity contribution in [3.63, 3.8) is 0 Å². The van der Waals surface area contributed by atoms with E-state index in [2.05, 4.69) is 26.8 Å². The molecule has 6 nitrogen and oxygen atoms in total. The highest BCUT2D eigenvalue weighted by Gasteiger charge is 2.34. The Kier molecular flexibility index (Phi) is 3.45. The smallest absolute Gasteiger partial charge is 0.260 e. The number of rotatable bonds is 2. The summed E-state index contributed by atoms with van der Waals surface area (Å²) in [6.07, 6.45) is 3.74. The summed E-state index contributed by atoms with van der Waals surface area (Å²) < 4.78 is 7.29. The van der Waals surface area contributed by atoms with E-state index < -0.39 is 0 Å². The number of imidazole rings is 1. The third-order valence-electron chi connectivity index (χ3n) is 4.55. The van der Waals surface area contributed by atoms with Crippen LogP contribution < -0.4 is 0 Å². The minimum atomic E-state index is -0.0608. The Labute approximate surface area is 139 Å². The van der Waals surface area contributed by atoms with Crippen LogP contribution in [0.1, 0.15) is 39.2 Å². The van der Waals surface area contributed by atoms with E-state index in [-0.39, 0.29) is 11.9 Å². The average Bonchev–Trinajstić information content (AvgIpc) is 3.19. The molecule has 122 valence electrons. The highest BCUT2D eigenvalue weighted by molar-refractivity contribution is 5.96. The number of fused-ring (bicyclic) bond motifs is 1. The van der Waals surface area contributed by atoms with Crippen molar-refractivity contribution in [1.29, 1.82) is 0 Å². The fourth-order valence-corrected chi connectivity index (χ4v) is 3.31. The van der Waals surface area contributed by atoms with E-state index in [0.717, 1.165) is 11.4 Å². The molecular formula is C18H18N4O2. The van der Waals surface area contributed by atoms with Gasteiger partial charge >= 0.3 is 0 Å². The van der Waals surface area contributed by atoms with Crippen LogP contribution in [0.2, 0.25) is 0 Å². The average molecular weight is 322 g/mol. The first-order chi connectivity index (χ1) is 11.6. The van der Waals surface area contributed by atoms with Gasteiger partial charge in [-0.05, 0) is 19.4 Å². The summed E-state index contributed by atoms with van der Waals surface area (Å²) in [5.41, 5.74) is 2.28. The predicted octanol–water partition coefficient (Wildman–Crippen LogP) is 2.89. The molecule has 1 amide bonds. The van der Waals surface area contributed by atoms with Gasteiger partial charge in [0.05, 0.1) is 18.3 Å². The number of carbonyl (C=O) groups is 1. The zero-order valence-corrected chi connectivity index (χ0v) is 13.6. The molecule has 1 aliphatic rings. The molecule has 0 radical (unpaired) electrons. The maximum Gasteiger partial charge on any atom is 0.260 e. The van der Waals surface area contributed by atoms with Crippen molar-refractivity contribution in [2.75, 3.05) is 0 Å². The van der Waals surface area contributed by atoms with Gasteiger partial charge in [-0.1, -0.05) is 35.5 Å². The second-order valence-electron chi connectivity index (χ2n) is 6.05. The van der Waals surface area contributed by atoms with Crippen LogP contribution in [0.5, 0.6) is 0 Å². The largest absolute Gasteiger partial charge is 0.361 e. The molecule has 4 rings (SSSR count). The molecule has 0 bridgehead atoms. The monoisotopic (exact) mass is 322 g/mol. The van der Waals surface area contributed by atoms with E-state index in [4.69, 9.17) is 4.52 Å². The molecule has 2 aromatic heterocycles. The first kappa shape index (κ1) is 14.7. The van der Waals surface area contributed by atoms with Crippen molar-refractivity contribution in [2.24, 2.45) is 0 Å². The summed E-state index contributed by atoms with van der Waals surface area (Å²) in [7, 11) is 0. The Balaban J connectivity index is 1.77. The maximum atomic E-state index is 13.2. The number of hydrogen-bond acceptors (Lipinski definition) is 4. The third-order valence-corrected chi connectivity index (χ3v) is 4.55. The van der Waals surface area contributed by atoms with Crippen molar-refractivity contribution < 1.29 is 9.32 Å². The van der Waals surface area contributed by atoms with Gasteiger partial charge in [0.2, 0.25) is 0 Å². The normalized spacial score (nSPS) is 16.9. The van der Waals surface area contributed by atoms with E-state index >= 15 is 0 Å². The first-order valence-electron chi connectivity index (χ1n) is 7.94. The van der Waals surface area contributed by atoms with Crippen LogP contribution in [0.15, 0.2) is 47.2 Å². The lowest BCUT2D eigenvalue weighted by Crippen LogP contribution is -2.41. The van der Waals surface area contributed by atoms with Crippen molar-refractivity contribution in [2.45, 2.75) is 33.0 Å². The predicted molar refractivity (Wildman–Crippen MR) is 87.3 cm³/mol. The molecule has 0 fully saturated rings. The van der Waals surface area contributed by atoms with Gasteiger partial charge in [-0.2, -0.15) is 0 Å². The molecule has 0 spiro atoms. The third kappa shape index (κ3) is 2.31. The lowest BCUT2D eigenvalue weighted by atomic mass is 10.0. The van der Waals surface area contributed by atoms with Crippen LogP contribution in [-0.2, 0) is 13.1 Å². The minimum Gasteiger partial charge on any atom is -0.361 e. The van der Waals surface area contributed by atoms with Crippen molar-refractivity contribution in [3.05, 3.63) is 71.1 Å². The van der Waals surface area contributed by atoms with Crippen molar-refractivity contribution >= 4 is 5.91 Å². The Morgan fingerprint density at radius 3 is 2.75 bits per heavy atom. The molecule has 1 aromatic carbocycles. The number of aryl methyl sites for hydroxylation is 2. The van der Waals surface area contributed by atoms with Crippen molar-refractivity contribution in [3.8, 4) is 0 Å². The molecule has 0 unspecified atom stereocenters. The molecule has 6 heteroatoms. The molecule has 1 aliphatic heterocycles. The zero-order valence-electron chi connectivity index (χ0n) is 13.6. The Hall–Kier alpha value is -2.89. The number of amides is 1. The van der Waals surface area contributed by atoms with Gasteiger partial charge in [-0.15, -0.1) is 0 Å². The summed E-state index contributed by atoms with van der Waals surface area (Å²) >= 11 is 0. The first-order valence-corrected chi connectivity index (χ1v) is 7.94. The van der Waals surface area contributed by atoms with Crippen LogP contribution in [0.3, 0.4) is 0 Å². The number of benzene rings is 1. The lowest BCUT2D eigenvalue weighted by Gasteiger charge is -2.36. The maximum absolute atomic E-state index is 13.2. The van der Waals surface area contributed by atoms with E-state index in [1.54, 1.807) is 20.0 Å². The van der Waals surface area contributed by atoms with E-state index in [0.29, 0.717) is 30.1 Å². The molecule has 1 atom stereocenters. The van der Waals surface area contributed by atoms with Gasteiger partial charge in [0, 0.05) is 18.9 Å². The van der Waals surface area contributed by atoms with Crippen LogP contribution >= 0.6 is 0 Å². The van der Waals surface area contributed by atoms with Gasteiger partial charge in [-0.3, -0.25) is 4.79 Å². The molecule has 0 aliphatic carbocycles. The Morgan fingerprint density at radius 1 is 1.25 bits per heavy atom. The zero-order chi connectivity index (χ0) is 16.7. The van der Waals surface area contributed by atoms with Crippen LogP contribution in [0.4, 0.5) is 0 Å². The molecule has 0 saturated heterocycles. The highest BCUT2D eigenvalue weighted by Crippen LogP contribution is 2.31. The topological polar surface area (TPSA) is 64.2 Å². The summed E-state index contributed by atoms with van der Waals surface area (Å²) in [5, 5.41) is 3.92. The standard InChI is InChI=1S/C18H18N4O2/c1-12-17(13(2)24-20-12)18(23)22-11-16-19-8-9-21(16)10-15(22)14-6-4-3-5-7-14/h3-9,15H,10-11H2,1-2H3/t15-/m1/s1. The highest BCUT2D eigenvalue weighted by atomic mass is 16.5. The van der Waals surface area contributed by atoms with E-state index in [1.807, 2.05) is 29.3 Å². The van der Waals surface area contributed by atoms with Gasteiger partial charge in [-0.25, -0.2) is 4.98 Å². The van der Waals surface area contributed by atoms with Gasteiger partial charge in [0.15, 0.2) is 0 Å². The van der Waals surface area contributed by atoms with Gasteiger partial charge in [0.1, 0.15) is 17.1 Å². The Morgan fingerprint density at radius 2 is 2.04 bits per heavy atom. The van der Waals surface area contributed by atoms with E-state index in [1.165, 1.54) is 0 Å². The number of nitrogens with zero attached hydrogens (tertiary/aromatic N) is 4. The summed E-state index contributed by atoms with van der Waals surface area (Å²) in [6, 6.07) is 10.0. The molecule has 0 saturated carbocycles. The SMILES string of the molecule is Cc1noc(C)c1C(=O)N1Cc2nccn2C[C@@H]1c1ccccc1. The second-order valence-corrected chi connectivity index (χ2v) is 6.05. The minimum absolute atomic E-state index is 0.0471. The van der Waals surface area contributed by atoms with Crippen molar-refractivity contribution in [1.82, 2.24) is 19.6 Å². The lowest BCUT2D eigenvalue weighted by molar-refractivity contribution is 0.0582. The fraction of sp³-hybridized carbons (Fsp3) is 0.278. The molecule has 3 heterocycles. The molecule has 24 heavy (non-hydrogen) atoms. The fourth-order valence-electron chi connectivity index (χ4n) is 3.31. The van der Waals surface area contributed by atoms with Crippen LogP contribution in [0.25, 0.3) is 0 Å². The number of aromatic nitrogens is 3. The van der Waals surface area contributed by atoms with E-state index in [9.17, 15) is 4.79 Å². The van der Waals surface area contributed by atoms with Crippen LogP contribution in [0, 0.1) is 13.8 Å².